The van der Waals surface area contributed by atoms with Crippen LogP contribution in [0.4, 0.5) is 22.7 Å². The molecule has 5 aromatic rings. The van der Waals surface area contributed by atoms with Crippen LogP contribution in [0.2, 0.25) is 0 Å². The maximum atomic E-state index is 2.41. The van der Waals surface area contributed by atoms with Crippen molar-refractivity contribution in [2.45, 2.75) is 0 Å². The predicted octanol–water partition coefficient (Wildman–Crippen LogP) is 4.67. The first-order valence-corrected chi connectivity index (χ1v) is 10.9. The number of fused-ring (bicyclic) bond motifs is 6. The Hall–Kier alpha value is -3.72. The summed E-state index contributed by atoms with van der Waals surface area (Å²) in [7, 11) is 4.41. The lowest BCUT2D eigenvalue weighted by Gasteiger charge is -2.42. The highest BCUT2D eigenvalue weighted by molar-refractivity contribution is 7.00. The van der Waals surface area contributed by atoms with Gasteiger partial charge in [0.05, 0.1) is 0 Å². The summed E-state index contributed by atoms with van der Waals surface area (Å²) >= 11 is 0. The number of nitrogens with zero attached hydrogens (tertiary/aromatic N) is 2. The highest BCUT2D eigenvalue weighted by Crippen LogP contribution is 2.37. The maximum Gasteiger partial charge on any atom is 0.252 e. The third-order valence-corrected chi connectivity index (χ3v) is 7.21. The van der Waals surface area contributed by atoms with Gasteiger partial charge in [0, 0.05) is 36.8 Å². The van der Waals surface area contributed by atoms with Gasteiger partial charge in [-0.05, 0) is 62.2 Å². The van der Waals surface area contributed by atoms with Crippen molar-refractivity contribution in [1.82, 2.24) is 0 Å². The van der Waals surface area contributed by atoms with Gasteiger partial charge in [0.15, 0.2) is 0 Å². The summed E-state index contributed by atoms with van der Waals surface area (Å²) in [4.78, 5) is 4.74. The topological polar surface area (TPSA) is 6.48 Å². The minimum Gasteiger partial charge on any atom is -0.345 e. The Kier molecular flexibility index (Phi) is 3.25. The molecule has 0 radical (unpaired) electrons. The molecule has 2 aliphatic rings. The van der Waals surface area contributed by atoms with Crippen molar-refractivity contribution in [3.63, 3.8) is 0 Å². The molecule has 2 heterocycles. The quantitative estimate of drug-likeness (QED) is 0.351. The second kappa shape index (κ2) is 5.92. The predicted molar refractivity (Wildman–Crippen MR) is 135 cm³/mol. The molecule has 0 bridgehead atoms. The van der Waals surface area contributed by atoms with Crippen LogP contribution in [0.5, 0.6) is 0 Å². The van der Waals surface area contributed by atoms with Crippen molar-refractivity contribution in [3.8, 4) is 0 Å². The SMILES string of the molecule is CN1c2cc3ccccc3cc2B2c3cc4ccccc4cc3N(C)c3cccc1c32. The number of hydrogen-bond donors (Lipinski definition) is 0. The van der Waals surface area contributed by atoms with Gasteiger partial charge in [-0.25, -0.2) is 0 Å². The summed E-state index contributed by atoms with van der Waals surface area (Å²) < 4.78 is 0. The molecule has 0 unspecified atom stereocenters. The molecule has 0 amide bonds. The van der Waals surface area contributed by atoms with E-state index < -0.39 is 0 Å². The van der Waals surface area contributed by atoms with Crippen molar-refractivity contribution in [2.24, 2.45) is 0 Å². The molecule has 0 atom stereocenters. The van der Waals surface area contributed by atoms with Crippen LogP contribution in [0, 0.1) is 0 Å². The van der Waals surface area contributed by atoms with Crippen molar-refractivity contribution in [2.75, 3.05) is 23.9 Å². The fraction of sp³-hybridized carbons (Fsp3) is 0.0714. The molecular formula is C28H21BN2. The summed E-state index contributed by atoms with van der Waals surface area (Å²) in [5, 5.41) is 5.19. The molecule has 31 heavy (non-hydrogen) atoms. The fourth-order valence-corrected chi connectivity index (χ4v) is 5.70. The summed E-state index contributed by atoms with van der Waals surface area (Å²) in [6.45, 7) is 0.234. The van der Waals surface area contributed by atoms with Crippen LogP contribution in [0.1, 0.15) is 0 Å². The fourth-order valence-electron chi connectivity index (χ4n) is 5.70. The van der Waals surface area contributed by atoms with Crippen LogP contribution >= 0.6 is 0 Å². The van der Waals surface area contributed by atoms with Gasteiger partial charge in [0.2, 0.25) is 0 Å². The van der Waals surface area contributed by atoms with Gasteiger partial charge in [-0.2, -0.15) is 0 Å². The molecule has 0 spiro atoms. The van der Waals surface area contributed by atoms with Crippen molar-refractivity contribution in [3.05, 3.63) is 91.0 Å². The molecule has 7 rings (SSSR count). The Balaban J connectivity index is 1.62. The van der Waals surface area contributed by atoms with Crippen molar-refractivity contribution >= 4 is 67.4 Å². The lowest BCUT2D eigenvalue weighted by molar-refractivity contribution is 1.18. The van der Waals surface area contributed by atoms with Crippen LogP contribution < -0.4 is 26.2 Å². The van der Waals surface area contributed by atoms with E-state index in [1.54, 1.807) is 0 Å². The average Bonchev–Trinajstić information content (AvgIpc) is 2.81. The van der Waals surface area contributed by atoms with E-state index >= 15 is 0 Å². The second-order valence-corrected chi connectivity index (χ2v) is 8.78. The second-order valence-electron chi connectivity index (χ2n) is 8.78. The van der Waals surface area contributed by atoms with Crippen LogP contribution in [-0.2, 0) is 0 Å². The zero-order valence-corrected chi connectivity index (χ0v) is 17.6. The standard InChI is InChI=1S/C28H21BN2/c1-30-24-12-7-13-25-28(24)29(22-14-18-8-3-5-10-20(18)16-26(22)30)23-15-19-9-4-6-11-21(19)17-27(23)31(25)2/h3-17H,1-2H3. The van der Waals surface area contributed by atoms with Crippen LogP contribution in [0.15, 0.2) is 91.0 Å². The van der Waals surface area contributed by atoms with E-state index in [-0.39, 0.29) is 6.71 Å². The molecule has 3 heteroatoms. The molecule has 2 aliphatic heterocycles. The lowest BCUT2D eigenvalue weighted by atomic mass is 9.33. The van der Waals surface area contributed by atoms with E-state index in [1.807, 2.05) is 0 Å². The Morgan fingerprint density at radius 3 is 1.35 bits per heavy atom. The summed E-state index contributed by atoms with van der Waals surface area (Å²) in [5.74, 6) is 0. The van der Waals surface area contributed by atoms with Crippen molar-refractivity contribution in [1.29, 1.82) is 0 Å². The summed E-state index contributed by atoms with van der Waals surface area (Å²) in [5.41, 5.74) is 9.41. The first-order chi connectivity index (χ1) is 15.2. The Morgan fingerprint density at radius 1 is 0.484 bits per heavy atom. The van der Waals surface area contributed by atoms with Gasteiger partial charge < -0.3 is 9.80 Å². The molecule has 146 valence electrons. The normalized spacial score (nSPS) is 13.9. The van der Waals surface area contributed by atoms with E-state index in [0.717, 1.165) is 0 Å². The van der Waals surface area contributed by atoms with Gasteiger partial charge in [0.1, 0.15) is 0 Å². The van der Waals surface area contributed by atoms with Crippen LogP contribution in [-0.4, -0.2) is 20.8 Å². The Bertz CT molecular complexity index is 1430. The van der Waals surface area contributed by atoms with Crippen LogP contribution in [0.25, 0.3) is 21.5 Å². The smallest absolute Gasteiger partial charge is 0.252 e. The van der Waals surface area contributed by atoms with Crippen molar-refractivity contribution < 1.29 is 0 Å². The lowest BCUT2D eigenvalue weighted by Crippen LogP contribution is -2.61. The van der Waals surface area contributed by atoms with Gasteiger partial charge in [0.25, 0.3) is 6.71 Å². The van der Waals surface area contributed by atoms with E-state index in [9.17, 15) is 0 Å². The number of rotatable bonds is 0. The molecule has 0 N–H and O–H groups in total. The zero-order chi connectivity index (χ0) is 20.7. The van der Waals surface area contributed by atoms with E-state index in [0.29, 0.717) is 0 Å². The molecular weight excluding hydrogens is 375 g/mol. The molecule has 5 aromatic carbocycles. The van der Waals surface area contributed by atoms with Gasteiger partial charge in [-0.3, -0.25) is 0 Å². The third kappa shape index (κ3) is 2.18. The molecule has 0 aromatic heterocycles. The van der Waals surface area contributed by atoms with Gasteiger partial charge in [-0.1, -0.05) is 66.7 Å². The highest BCUT2D eigenvalue weighted by Gasteiger charge is 2.40. The number of hydrogen-bond acceptors (Lipinski definition) is 2. The average molecular weight is 396 g/mol. The monoisotopic (exact) mass is 396 g/mol. The highest BCUT2D eigenvalue weighted by atomic mass is 15.1. The Morgan fingerprint density at radius 2 is 0.903 bits per heavy atom. The number of benzene rings is 5. The first-order valence-electron chi connectivity index (χ1n) is 10.9. The molecule has 0 fully saturated rings. The molecule has 0 saturated heterocycles. The largest absolute Gasteiger partial charge is 0.345 e. The van der Waals surface area contributed by atoms with E-state index in [1.165, 1.54) is 60.7 Å². The molecule has 2 nitrogen and oxygen atoms in total. The zero-order valence-electron chi connectivity index (χ0n) is 17.6. The molecule has 0 saturated carbocycles. The van der Waals surface area contributed by atoms with Gasteiger partial charge >= 0.3 is 0 Å². The van der Waals surface area contributed by atoms with Crippen LogP contribution in [0.3, 0.4) is 0 Å². The van der Waals surface area contributed by atoms with E-state index in [2.05, 4.69) is 115 Å². The minimum atomic E-state index is 0.234. The van der Waals surface area contributed by atoms with Gasteiger partial charge in [-0.15, -0.1) is 0 Å². The minimum absolute atomic E-state index is 0.234. The Labute approximate surface area is 182 Å². The summed E-state index contributed by atoms with van der Waals surface area (Å²) in [6.07, 6.45) is 0. The maximum absolute atomic E-state index is 2.41. The third-order valence-electron chi connectivity index (χ3n) is 7.21. The number of anilines is 4. The first kappa shape index (κ1) is 17.0. The molecule has 0 aliphatic carbocycles. The van der Waals surface area contributed by atoms with E-state index in [4.69, 9.17) is 0 Å². The summed E-state index contributed by atoms with van der Waals surface area (Å²) in [6, 6.07) is 33.7.